The van der Waals surface area contributed by atoms with Crippen LogP contribution < -0.4 is 15.4 Å². The number of benzene rings is 2. The molecule has 2 heterocycles. The summed E-state index contributed by atoms with van der Waals surface area (Å²) in [4.78, 5) is 28.9. The molecule has 1 aromatic heterocycles. The summed E-state index contributed by atoms with van der Waals surface area (Å²) in [5.41, 5.74) is 1.56. The highest BCUT2D eigenvalue weighted by molar-refractivity contribution is 6.05. The summed E-state index contributed by atoms with van der Waals surface area (Å²) in [6.45, 7) is 0.779. The van der Waals surface area contributed by atoms with Gasteiger partial charge in [0.2, 0.25) is 5.91 Å². The monoisotopic (exact) mass is 405 g/mol. The van der Waals surface area contributed by atoms with Crippen LogP contribution in [0, 0.1) is 5.82 Å². The van der Waals surface area contributed by atoms with Crippen LogP contribution in [0.5, 0.6) is 11.5 Å². The van der Waals surface area contributed by atoms with E-state index in [1.807, 2.05) is 12.1 Å². The normalized spacial score (nSPS) is 15.6. The molecule has 1 aliphatic heterocycles. The first-order chi connectivity index (χ1) is 14.6. The van der Waals surface area contributed by atoms with Crippen LogP contribution in [0.3, 0.4) is 0 Å². The average Bonchev–Trinajstić information content (AvgIpc) is 3.31. The minimum atomic E-state index is -0.521. The fourth-order valence-electron chi connectivity index (χ4n) is 3.23. The number of hydrogen-bond acceptors (Lipinski definition) is 5. The molecule has 0 aliphatic carbocycles. The minimum absolute atomic E-state index is 0.172. The number of aromatic nitrogens is 1. The highest BCUT2D eigenvalue weighted by atomic mass is 19.1. The highest BCUT2D eigenvalue weighted by Crippen LogP contribution is 2.25. The van der Waals surface area contributed by atoms with Gasteiger partial charge in [0.1, 0.15) is 23.0 Å². The summed E-state index contributed by atoms with van der Waals surface area (Å²) >= 11 is 0. The zero-order valence-electron chi connectivity index (χ0n) is 16.1. The Morgan fingerprint density at radius 3 is 2.37 bits per heavy atom. The van der Waals surface area contributed by atoms with Crippen molar-refractivity contribution in [3.63, 3.8) is 0 Å². The van der Waals surface area contributed by atoms with E-state index in [2.05, 4.69) is 15.6 Å². The number of halogens is 1. The summed E-state index contributed by atoms with van der Waals surface area (Å²) < 4.78 is 18.7. The van der Waals surface area contributed by atoms with Gasteiger partial charge in [-0.15, -0.1) is 0 Å². The van der Waals surface area contributed by atoms with Gasteiger partial charge in [-0.25, -0.2) is 9.37 Å². The molecular weight excluding hydrogens is 385 g/mol. The van der Waals surface area contributed by atoms with Crippen LogP contribution in [0.2, 0.25) is 0 Å². The molecule has 0 radical (unpaired) electrons. The molecule has 2 amide bonds. The molecule has 152 valence electrons. The van der Waals surface area contributed by atoms with Gasteiger partial charge in [-0.1, -0.05) is 6.07 Å². The lowest BCUT2D eigenvalue weighted by atomic mass is 10.1. The van der Waals surface area contributed by atoms with Crippen molar-refractivity contribution in [1.29, 1.82) is 0 Å². The van der Waals surface area contributed by atoms with Gasteiger partial charge in [0.25, 0.3) is 5.91 Å². The van der Waals surface area contributed by atoms with Crippen molar-refractivity contribution in [2.75, 3.05) is 6.54 Å². The van der Waals surface area contributed by atoms with E-state index in [-0.39, 0.29) is 23.5 Å². The van der Waals surface area contributed by atoms with Crippen molar-refractivity contribution in [2.24, 2.45) is 0 Å². The van der Waals surface area contributed by atoms with E-state index in [0.29, 0.717) is 17.2 Å². The van der Waals surface area contributed by atoms with Gasteiger partial charge >= 0.3 is 0 Å². The van der Waals surface area contributed by atoms with E-state index in [4.69, 9.17) is 4.74 Å². The maximum Gasteiger partial charge on any atom is 0.276 e. The molecule has 7 heteroatoms. The summed E-state index contributed by atoms with van der Waals surface area (Å²) in [7, 11) is 0. The van der Waals surface area contributed by atoms with Gasteiger partial charge in [-0.05, 0) is 80.1 Å². The first kappa shape index (κ1) is 19.7. The minimum Gasteiger partial charge on any atom is -0.457 e. The number of imide groups is 1. The number of nitrogens with zero attached hydrogens (tertiary/aromatic N) is 1. The lowest BCUT2D eigenvalue weighted by Crippen LogP contribution is -2.43. The van der Waals surface area contributed by atoms with E-state index in [1.165, 1.54) is 12.1 Å². The molecule has 1 saturated heterocycles. The summed E-state index contributed by atoms with van der Waals surface area (Å²) in [5, 5.41) is 5.47. The molecule has 0 bridgehead atoms. The molecule has 1 fully saturated rings. The Balaban J connectivity index is 1.44. The van der Waals surface area contributed by atoms with Crippen molar-refractivity contribution in [3.8, 4) is 22.8 Å². The molecule has 30 heavy (non-hydrogen) atoms. The molecule has 1 aliphatic rings. The lowest BCUT2D eigenvalue weighted by molar-refractivity contribution is -0.121. The predicted octanol–water partition coefficient (Wildman–Crippen LogP) is 3.69. The van der Waals surface area contributed by atoms with Crippen molar-refractivity contribution < 1.29 is 18.7 Å². The second-order valence-electron chi connectivity index (χ2n) is 6.96. The molecule has 0 spiro atoms. The zero-order valence-corrected chi connectivity index (χ0v) is 16.1. The molecule has 2 aromatic carbocycles. The molecular formula is C23H20FN3O3. The molecule has 2 N–H and O–H groups in total. The molecule has 6 nitrogen and oxygen atoms in total. The Labute approximate surface area is 173 Å². The zero-order chi connectivity index (χ0) is 20.9. The lowest BCUT2D eigenvalue weighted by Gasteiger charge is -2.10. The van der Waals surface area contributed by atoms with E-state index in [0.717, 1.165) is 24.9 Å². The van der Waals surface area contributed by atoms with Crippen LogP contribution in [-0.4, -0.2) is 29.4 Å². The van der Waals surface area contributed by atoms with Gasteiger partial charge in [-0.3, -0.25) is 14.9 Å². The second kappa shape index (κ2) is 8.84. The van der Waals surface area contributed by atoms with E-state index < -0.39 is 5.91 Å². The molecule has 4 rings (SSSR count). The van der Waals surface area contributed by atoms with Crippen molar-refractivity contribution in [2.45, 2.75) is 18.9 Å². The molecule has 0 saturated carbocycles. The topological polar surface area (TPSA) is 80.3 Å². The Kier molecular flexibility index (Phi) is 5.81. The molecule has 3 aromatic rings. The third-order valence-electron chi connectivity index (χ3n) is 4.79. The molecule has 1 atom stereocenters. The van der Waals surface area contributed by atoms with Gasteiger partial charge in [0, 0.05) is 5.56 Å². The van der Waals surface area contributed by atoms with Crippen molar-refractivity contribution in [3.05, 3.63) is 78.2 Å². The van der Waals surface area contributed by atoms with Gasteiger partial charge in [0.15, 0.2) is 0 Å². The Morgan fingerprint density at radius 2 is 1.70 bits per heavy atom. The van der Waals surface area contributed by atoms with E-state index in [9.17, 15) is 14.0 Å². The largest absolute Gasteiger partial charge is 0.457 e. The Bertz CT molecular complexity index is 1050. The quantitative estimate of drug-likeness (QED) is 0.633. The predicted molar refractivity (Wildman–Crippen MR) is 110 cm³/mol. The first-order valence-corrected chi connectivity index (χ1v) is 9.68. The molecule has 0 unspecified atom stereocenters. The average molecular weight is 405 g/mol. The number of hydrogen-bond donors (Lipinski definition) is 2. The van der Waals surface area contributed by atoms with E-state index in [1.54, 1.807) is 42.5 Å². The number of carbonyl (C=O) groups is 2. The SMILES string of the molecule is O=C(NC(=O)[C@@H]1CCCN1)c1cccc(-c2ccc(Oc3ccc(F)cc3)cc2)n1. The van der Waals surface area contributed by atoms with Crippen LogP contribution in [0.4, 0.5) is 4.39 Å². The van der Waals surface area contributed by atoms with Crippen LogP contribution in [0.1, 0.15) is 23.3 Å². The number of nitrogens with one attached hydrogen (secondary N) is 2. The summed E-state index contributed by atoms with van der Waals surface area (Å²) in [6, 6.07) is 17.7. The standard InChI is InChI=1S/C23H20FN3O3/c24-16-8-12-18(13-9-16)30-17-10-6-15(7-11-17)19-3-1-4-21(26-19)23(29)27-22(28)20-5-2-14-25-20/h1,3-4,6-13,20,25H,2,5,14H2,(H,27,28,29)/t20-/m0/s1. The third kappa shape index (κ3) is 4.69. The summed E-state index contributed by atoms with van der Waals surface area (Å²) in [6.07, 6.45) is 1.64. The number of rotatable bonds is 5. The van der Waals surface area contributed by atoms with Gasteiger partial charge in [-0.2, -0.15) is 0 Å². The van der Waals surface area contributed by atoms with Crippen LogP contribution in [-0.2, 0) is 4.79 Å². The number of amides is 2. The van der Waals surface area contributed by atoms with Crippen LogP contribution in [0.25, 0.3) is 11.3 Å². The van der Waals surface area contributed by atoms with Crippen LogP contribution >= 0.6 is 0 Å². The first-order valence-electron chi connectivity index (χ1n) is 9.68. The fourth-order valence-corrected chi connectivity index (χ4v) is 3.23. The third-order valence-corrected chi connectivity index (χ3v) is 4.79. The highest BCUT2D eigenvalue weighted by Gasteiger charge is 2.24. The fraction of sp³-hybridized carbons (Fsp3) is 0.174. The maximum absolute atomic E-state index is 13.0. The van der Waals surface area contributed by atoms with Crippen molar-refractivity contribution in [1.82, 2.24) is 15.6 Å². The van der Waals surface area contributed by atoms with Crippen LogP contribution in [0.15, 0.2) is 66.7 Å². The number of pyridine rings is 1. The second-order valence-corrected chi connectivity index (χ2v) is 6.96. The number of ether oxygens (including phenoxy) is 1. The summed E-state index contributed by atoms with van der Waals surface area (Å²) in [5.74, 6) is -0.0519. The maximum atomic E-state index is 13.0. The van der Waals surface area contributed by atoms with Gasteiger partial charge in [0.05, 0.1) is 11.7 Å². The number of carbonyl (C=O) groups excluding carboxylic acids is 2. The Morgan fingerprint density at radius 1 is 1.00 bits per heavy atom. The van der Waals surface area contributed by atoms with E-state index >= 15 is 0 Å². The Hall–Kier alpha value is -3.58. The van der Waals surface area contributed by atoms with Gasteiger partial charge < -0.3 is 10.1 Å². The van der Waals surface area contributed by atoms with Crippen molar-refractivity contribution >= 4 is 11.8 Å². The smallest absolute Gasteiger partial charge is 0.276 e.